The first kappa shape index (κ1) is 16.3. The molecule has 0 aliphatic carbocycles. The summed E-state index contributed by atoms with van der Waals surface area (Å²) in [5.74, 6) is 0.943. The van der Waals surface area contributed by atoms with Crippen molar-refractivity contribution in [3.63, 3.8) is 0 Å². The van der Waals surface area contributed by atoms with Crippen molar-refractivity contribution < 1.29 is 9.32 Å². The van der Waals surface area contributed by atoms with Gasteiger partial charge in [-0.1, -0.05) is 32.7 Å². The molecule has 0 saturated carbocycles. The van der Waals surface area contributed by atoms with Crippen LogP contribution >= 0.6 is 27.5 Å². The highest BCUT2D eigenvalue weighted by molar-refractivity contribution is 9.10. The van der Waals surface area contributed by atoms with Crippen LogP contribution < -0.4 is 4.90 Å². The molecular formula is C18H13BrClN3O2. The number of benzene rings is 2. The van der Waals surface area contributed by atoms with E-state index in [-0.39, 0.29) is 11.8 Å². The van der Waals surface area contributed by atoms with E-state index in [4.69, 9.17) is 16.1 Å². The minimum absolute atomic E-state index is 0.0377. The Morgan fingerprint density at radius 2 is 1.84 bits per heavy atom. The summed E-state index contributed by atoms with van der Waals surface area (Å²) >= 11 is 9.31. The molecule has 1 unspecified atom stereocenters. The van der Waals surface area contributed by atoms with Crippen LogP contribution in [0.2, 0.25) is 5.02 Å². The van der Waals surface area contributed by atoms with Crippen LogP contribution in [0, 0.1) is 0 Å². The van der Waals surface area contributed by atoms with Crippen molar-refractivity contribution in [2.24, 2.45) is 0 Å². The zero-order valence-electron chi connectivity index (χ0n) is 13.0. The number of hydrogen-bond acceptors (Lipinski definition) is 4. The maximum absolute atomic E-state index is 12.4. The van der Waals surface area contributed by atoms with Crippen LogP contribution in [0.15, 0.2) is 57.5 Å². The first-order chi connectivity index (χ1) is 12.1. The molecule has 1 aliphatic heterocycles. The van der Waals surface area contributed by atoms with Gasteiger partial charge in [0.1, 0.15) is 0 Å². The minimum atomic E-state index is -0.111. The molecule has 1 amide bonds. The zero-order valence-corrected chi connectivity index (χ0v) is 15.4. The fourth-order valence-electron chi connectivity index (χ4n) is 2.86. The second-order valence-electron chi connectivity index (χ2n) is 5.84. The van der Waals surface area contributed by atoms with Gasteiger partial charge in [0.25, 0.3) is 0 Å². The van der Waals surface area contributed by atoms with Gasteiger partial charge < -0.3 is 9.42 Å². The SMILES string of the molecule is O=C1CC(c2nc(-c3ccc(Br)cc3)no2)CN1c1ccc(Cl)cc1. The Balaban J connectivity index is 1.54. The van der Waals surface area contributed by atoms with Crippen molar-refractivity contribution in [3.05, 3.63) is 63.9 Å². The van der Waals surface area contributed by atoms with Crippen molar-refractivity contribution in [1.82, 2.24) is 10.1 Å². The van der Waals surface area contributed by atoms with E-state index in [1.807, 2.05) is 36.4 Å². The van der Waals surface area contributed by atoms with Gasteiger partial charge >= 0.3 is 0 Å². The summed E-state index contributed by atoms with van der Waals surface area (Å²) in [6, 6.07) is 14.9. The average Bonchev–Trinajstić information content (AvgIpc) is 3.23. The third-order valence-corrected chi connectivity index (χ3v) is 4.94. The molecule has 1 saturated heterocycles. The summed E-state index contributed by atoms with van der Waals surface area (Å²) in [7, 11) is 0. The van der Waals surface area contributed by atoms with Gasteiger partial charge in [0.2, 0.25) is 17.6 Å². The minimum Gasteiger partial charge on any atom is -0.339 e. The normalized spacial score (nSPS) is 17.3. The molecule has 2 aromatic carbocycles. The highest BCUT2D eigenvalue weighted by Gasteiger charge is 2.35. The lowest BCUT2D eigenvalue weighted by molar-refractivity contribution is -0.117. The van der Waals surface area contributed by atoms with Crippen molar-refractivity contribution in [2.45, 2.75) is 12.3 Å². The van der Waals surface area contributed by atoms with Crippen molar-refractivity contribution in [2.75, 3.05) is 11.4 Å². The van der Waals surface area contributed by atoms with Crippen LogP contribution in [0.4, 0.5) is 5.69 Å². The van der Waals surface area contributed by atoms with E-state index in [2.05, 4.69) is 26.1 Å². The molecule has 0 radical (unpaired) electrons. The molecule has 0 spiro atoms. The molecule has 2 heterocycles. The molecule has 5 nitrogen and oxygen atoms in total. The van der Waals surface area contributed by atoms with Gasteiger partial charge in [-0.15, -0.1) is 0 Å². The largest absolute Gasteiger partial charge is 0.339 e. The summed E-state index contributed by atoms with van der Waals surface area (Å²) in [6.45, 7) is 0.516. The van der Waals surface area contributed by atoms with Gasteiger partial charge in [0, 0.05) is 33.7 Å². The summed E-state index contributed by atoms with van der Waals surface area (Å²) in [5, 5.41) is 4.69. The van der Waals surface area contributed by atoms with Crippen LogP contribution in [0.1, 0.15) is 18.2 Å². The number of aromatic nitrogens is 2. The van der Waals surface area contributed by atoms with Crippen LogP contribution in [0.3, 0.4) is 0 Å². The van der Waals surface area contributed by atoms with E-state index >= 15 is 0 Å². The molecule has 1 atom stereocenters. The lowest BCUT2D eigenvalue weighted by atomic mass is 10.1. The van der Waals surface area contributed by atoms with Crippen molar-refractivity contribution in [3.8, 4) is 11.4 Å². The first-order valence-electron chi connectivity index (χ1n) is 7.75. The van der Waals surface area contributed by atoms with E-state index < -0.39 is 0 Å². The Morgan fingerprint density at radius 3 is 2.56 bits per heavy atom. The van der Waals surface area contributed by atoms with Crippen LogP contribution in [0.5, 0.6) is 0 Å². The fourth-order valence-corrected chi connectivity index (χ4v) is 3.25. The number of anilines is 1. The highest BCUT2D eigenvalue weighted by Crippen LogP contribution is 2.32. The fraction of sp³-hybridized carbons (Fsp3) is 0.167. The van der Waals surface area contributed by atoms with E-state index in [1.54, 1.807) is 17.0 Å². The number of carbonyl (C=O) groups is 1. The van der Waals surface area contributed by atoms with Crippen LogP contribution in [-0.4, -0.2) is 22.6 Å². The zero-order chi connectivity index (χ0) is 17.4. The highest BCUT2D eigenvalue weighted by atomic mass is 79.9. The Morgan fingerprint density at radius 1 is 1.12 bits per heavy atom. The number of carbonyl (C=O) groups excluding carboxylic acids is 1. The number of rotatable bonds is 3. The third-order valence-electron chi connectivity index (χ3n) is 4.16. The molecule has 1 fully saturated rings. The smallest absolute Gasteiger partial charge is 0.232 e. The van der Waals surface area contributed by atoms with Gasteiger partial charge in [0.15, 0.2) is 0 Å². The average molecular weight is 419 g/mol. The van der Waals surface area contributed by atoms with Crippen molar-refractivity contribution >= 4 is 39.1 Å². The Bertz CT molecular complexity index is 909. The Hall–Kier alpha value is -2.18. The maximum atomic E-state index is 12.4. The lowest BCUT2D eigenvalue weighted by Gasteiger charge is -2.15. The molecule has 1 aromatic heterocycles. The number of halogens is 2. The molecule has 0 bridgehead atoms. The number of nitrogens with zero attached hydrogens (tertiary/aromatic N) is 3. The van der Waals surface area contributed by atoms with E-state index in [1.165, 1.54) is 0 Å². The van der Waals surface area contributed by atoms with Gasteiger partial charge in [0.05, 0.1) is 5.92 Å². The molecule has 1 aliphatic rings. The topological polar surface area (TPSA) is 59.2 Å². The standard InChI is InChI=1S/C18H13BrClN3O2/c19-13-3-1-11(2-4-13)17-21-18(25-22-17)12-9-16(24)23(10-12)15-7-5-14(20)6-8-15/h1-8,12H,9-10H2. The van der Waals surface area contributed by atoms with Crippen molar-refractivity contribution in [1.29, 1.82) is 0 Å². The maximum Gasteiger partial charge on any atom is 0.232 e. The lowest BCUT2D eigenvalue weighted by Crippen LogP contribution is -2.24. The summed E-state index contributed by atoms with van der Waals surface area (Å²) in [5.41, 5.74) is 1.70. The number of hydrogen-bond donors (Lipinski definition) is 0. The first-order valence-corrected chi connectivity index (χ1v) is 8.93. The Kier molecular flexibility index (Phi) is 4.31. The molecule has 3 aromatic rings. The van der Waals surface area contributed by atoms with Crippen LogP contribution in [0.25, 0.3) is 11.4 Å². The monoisotopic (exact) mass is 417 g/mol. The molecule has 126 valence electrons. The molecular weight excluding hydrogens is 406 g/mol. The molecule has 4 rings (SSSR count). The van der Waals surface area contributed by atoms with E-state index in [0.717, 1.165) is 15.7 Å². The Labute approximate surface area is 157 Å². The van der Waals surface area contributed by atoms with E-state index in [9.17, 15) is 4.79 Å². The van der Waals surface area contributed by atoms with Gasteiger partial charge in [-0.05, 0) is 48.5 Å². The summed E-state index contributed by atoms with van der Waals surface area (Å²) in [6.07, 6.45) is 0.352. The third kappa shape index (κ3) is 3.32. The predicted octanol–water partition coefficient (Wildman–Crippen LogP) is 4.67. The van der Waals surface area contributed by atoms with E-state index in [0.29, 0.717) is 29.7 Å². The summed E-state index contributed by atoms with van der Waals surface area (Å²) in [4.78, 5) is 18.6. The van der Waals surface area contributed by atoms with Crippen LogP contribution in [-0.2, 0) is 4.79 Å². The molecule has 0 N–H and O–H groups in total. The quantitative estimate of drug-likeness (QED) is 0.620. The van der Waals surface area contributed by atoms with Gasteiger partial charge in [-0.25, -0.2) is 0 Å². The molecule has 7 heteroatoms. The second kappa shape index (κ2) is 6.61. The summed E-state index contributed by atoms with van der Waals surface area (Å²) < 4.78 is 6.40. The number of amides is 1. The second-order valence-corrected chi connectivity index (χ2v) is 7.20. The van der Waals surface area contributed by atoms with Gasteiger partial charge in [-0.2, -0.15) is 4.98 Å². The molecule has 25 heavy (non-hydrogen) atoms. The van der Waals surface area contributed by atoms with Gasteiger partial charge in [-0.3, -0.25) is 4.79 Å². The predicted molar refractivity (Wildman–Crippen MR) is 98.6 cm³/mol.